The first-order chi connectivity index (χ1) is 18.4. The van der Waals surface area contributed by atoms with E-state index < -0.39 is 12.2 Å². The van der Waals surface area contributed by atoms with Gasteiger partial charge in [0.05, 0.1) is 12.2 Å². The van der Waals surface area contributed by atoms with E-state index in [9.17, 15) is 19.8 Å². The Balaban J connectivity index is 1.96. The Morgan fingerprint density at radius 2 is 1.87 bits per heavy atom. The van der Waals surface area contributed by atoms with Crippen molar-refractivity contribution in [3.05, 3.63) is 60.2 Å². The van der Waals surface area contributed by atoms with Crippen LogP contribution in [-0.4, -0.2) is 52.3 Å². The predicted molar refractivity (Wildman–Crippen MR) is 156 cm³/mol. The number of nitrogens with one attached hydrogen (secondary N) is 1. The van der Waals surface area contributed by atoms with Crippen molar-refractivity contribution in [3.63, 3.8) is 0 Å². The minimum Gasteiger partial charge on any atom is -0.458 e. The van der Waals surface area contributed by atoms with E-state index >= 15 is 0 Å². The molecule has 1 fully saturated rings. The number of amides is 1. The van der Waals surface area contributed by atoms with Gasteiger partial charge in [0.25, 0.3) is 0 Å². The first-order valence-electron chi connectivity index (χ1n) is 14.2. The molecule has 3 N–H and O–H groups in total. The number of unbranched alkanes of at least 4 members (excludes halogenated alkanes) is 3. The maximum atomic E-state index is 12.5. The lowest BCUT2D eigenvalue weighted by Crippen LogP contribution is -2.22. The lowest BCUT2D eigenvalue weighted by Gasteiger charge is -2.21. The molecular weight excluding hydrogens is 546 g/mol. The zero-order valence-electron chi connectivity index (χ0n) is 22.8. The number of alkyl halides is 1. The number of aliphatic hydroxyl groups excluding tert-OH is 2. The van der Waals surface area contributed by atoms with Gasteiger partial charge in [-0.15, -0.1) is 0 Å². The second-order valence-corrected chi connectivity index (χ2v) is 10.9. The number of esters is 1. The third kappa shape index (κ3) is 12.7. The molecule has 1 saturated carbocycles. The highest BCUT2D eigenvalue weighted by Gasteiger charge is 2.39. The van der Waals surface area contributed by atoms with Gasteiger partial charge in [-0.3, -0.25) is 9.59 Å². The van der Waals surface area contributed by atoms with Crippen LogP contribution in [-0.2, 0) is 20.7 Å². The van der Waals surface area contributed by atoms with E-state index in [0.717, 1.165) is 43.9 Å². The lowest BCUT2D eigenvalue weighted by atomic mass is 9.89. The maximum absolute atomic E-state index is 12.5. The Kier molecular flexibility index (Phi) is 16.3. The van der Waals surface area contributed by atoms with E-state index in [0.29, 0.717) is 38.6 Å². The number of hydrogen-bond donors (Lipinski definition) is 3. The number of hydrogen-bond acceptors (Lipinski definition) is 5. The van der Waals surface area contributed by atoms with E-state index in [1.54, 1.807) is 0 Å². The number of rotatable bonds is 18. The normalized spacial score (nSPS) is 22.2. The van der Waals surface area contributed by atoms with Gasteiger partial charge in [0.1, 0.15) is 6.10 Å². The van der Waals surface area contributed by atoms with Crippen LogP contribution in [0, 0.1) is 11.8 Å². The van der Waals surface area contributed by atoms with Gasteiger partial charge < -0.3 is 20.3 Å². The molecule has 5 atom stereocenters. The summed E-state index contributed by atoms with van der Waals surface area (Å²) < 4.78 is 5.84. The van der Waals surface area contributed by atoms with Crippen molar-refractivity contribution < 1.29 is 24.5 Å². The highest BCUT2D eigenvalue weighted by Crippen LogP contribution is 2.36. The number of benzene rings is 1. The zero-order valence-corrected chi connectivity index (χ0v) is 24.4. The van der Waals surface area contributed by atoms with E-state index in [1.165, 1.54) is 5.56 Å². The average Bonchev–Trinajstić information content (AvgIpc) is 3.17. The molecule has 0 radical (unpaired) electrons. The number of carbonyl (C=O) groups excluding carboxylic acids is 2. The summed E-state index contributed by atoms with van der Waals surface area (Å²) in [6.07, 6.45) is 14.1. The summed E-state index contributed by atoms with van der Waals surface area (Å²) in [7, 11) is 0. The summed E-state index contributed by atoms with van der Waals surface area (Å²) in [6, 6.07) is 10.1. The van der Waals surface area contributed by atoms with Gasteiger partial charge in [-0.05, 0) is 69.4 Å². The number of halogens is 1. The number of aryl methyl sites for hydroxylation is 1. The van der Waals surface area contributed by atoms with Crippen molar-refractivity contribution >= 4 is 27.8 Å². The molecule has 7 heteroatoms. The standard InChI is InChI=1S/C31H46BrNO5/c1-2-33-30(36)16-10-4-3-9-15-26-27(29(35)23-28(26)34)21-20-25(19-18-24-13-7-5-8-14-24)38-31(37)17-11-6-12-22-32/h3,5,7-9,13-14,20-21,25-29,34-35H,2,4,6,10-12,15-19,22-23H2,1H3,(H,33,36)/b9-3-,21-20+/t25-,26+,27+,28-,29+/m0/s1. The van der Waals surface area contributed by atoms with Crippen LogP contribution in [0.25, 0.3) is 0 Å². The van der Waals surface area contributed by atoms with Gasteiger partial charge in [-0.25, -0.2) is 0 Å². The average molecular weight is 593 g/mol. The molecule has 0 unspecified atom stereocenters. The van der Waals surface area contributed by atoms with E-state index in [4.69, 9.17) is 4.74 Å². The number of allylic oxidation sites excluding steroid dienone is 2. The van der Waals surface area contributed by atoms with Gasteiger partial charge >= 0.3 is 5.97 Å². The fraction of sp³-hybridized carbons (Fsp3) is 0.613. The summed E-state index contributed by atoms with van der Waals surface area (Å²) in [4.78, 5) is 24.1. The highest BCUT2D eigenvalue weighted by molar-refractivity contribution is 9.09. The first-order valence-corrected chi connectivity index (χ1v) is 15.3. The fourth-order valence-electron chi connectivity index (χ4n) is 4.91. The molecule has 1 aromatic rings. The molecule has 0 saturated heterocycles. The second kappa shape index (κ2) is 19.2. The van der Waals surface area contributed by atoms with Crippen molar-refractivity contribution in [3.8, 4) is 0 Å². The van der Waals surface area contributed by atoms with Gasteiger partial charge in [0.15, 0.2) is 0 Å². The summed E-state index contributed by atoms with van der Waals surface area (Å²) in [5.41, 5.74) is 1.19. The molecule has 212 valence electrons. The van der Waals surface area contributed by atoms with Crippen LogP contribution in [0.5, 0.6) is 0 Å². The zero-order chi connectivity index (χ0) is 27.6. The smallest absolute Gasteiger partial charge is 0.306 e. The van der Waals surface area contributed by atoms with Crippen LogP contribution in [0.1, 0.15) is 76.7 Å². The van der Waals surface area contributed by atoms with Gasteiger partial charge in [-0.2, -0.15) is 0 Å². The Bertz CT molecular complexity index is 859. The third-order valence-electron chi connectivity index (χ3n) is 7.05. The molecule has 1 aliphatic rings. The molecule has 0 heterocycles. The van der Waals surface area contributed by atoms with Crippen LogP contribution in [0.2, 0.25) is 0 Å². The van der Waals surface area contributed by atoms with E-state index in [2.05, 4.69) is 39.5 Å². The van der Waals surface area contributed by atoms with Gasteiger partial charge in [0, 0.05) is 37.1 Å². The molecule has 38 heavy (non-hydrogen) atoms. The van der Waals surface area contributed by atoms with E-state index in [-0.39, 0.29) is 29.8 Å². The van der Waals surface area contributed by atoms with Crippen molar-refractivity contribution in [2.45, 2.75) is 95.9 Å². The SMILES string of the molecule is CCNC(=O)CCC/C=C\C[C@@H]1[C@@H](/C=C/[C@H](CCc2ccccc2)OC(=O)CCCCCBr)[C@H](O)C[C@@H]1O. The molecule has 2 rings (SSSR count). The van der Waals surface area contributed by atoms with Crippen LogP contribution in [0.3, 0.4) is 0 Å². The monoisotopic (exact) mass is 591 g/mol. The Labute approximate surface area is 237 Å². The molecule has 0 aliphatic heterocycles. The summed E-state index contributed by atoms with van der Waals surface area (Å²) in [6.45, 7) is 2.56. The van der Waals surface area contributed by atoms with Crippen molar-refractivity contribution in [1.82, 2.24) is 5.32 Å². The largest absolute Gasteiger partial charge is 0.458 e. The van der Waals surface area contributed by atoms with Crippen molar-refractivity contribution in [2.75, 3.05) is 11.9 Å². The van der Waals surface area contributed by atoms with E-state index in [1.807, 2.05) is 43.4 Å². The van der Waals surface area contributed by atoms with Crippen LogP contribution in [0.4, 0.5) is 0 Å². The number of carbonyl (C=O) groups is 2. The minimum atomic E-state index is -0.632. The third-order valence-corrected chi connectivity index (χ3v) is 7.61. The highest BCUT2D eigenvalue weighted by atomic mass is 79.9. The summed E-state index contributed by atoms with van der Waals surface area (Å²) >= 11 is 3.42. The van der Waals surface area contributed by atoms with Crippen molar-refractivity contribution in [1.29, 1.82) is 0 Å². The Hall–Kier alpha value is -1.96. The maximum Gasteiger partial charge on any atom is 0.306 e. The van der Waals surface area contributed by atoms with Gasteiger partial charge in [-0.1, -0.05) is 70.9 Å². The van der Waals surface area contributed by atoms with Crippen LogP contribution in [0.15, 0.2) is 54.6 Å². The molecule has 1 aliphatic carbocycles. The predicted octanol–water partition coefficient (Wildman–Crippen LogP) is 5.65. The Morgan fingerprint density at radius 1 is 1.08 bits per heavy atom. The van der Waals surface area contributed by atoms with Crippen LogP contribution >= 0.6 is 15.9 Å². The topological polar surface area (TPSA) is 95.9 Å². The van der Waals surface area contributed by atoms with Crippen LogP contribution < -0.4 is 5.32 Å². The lowest BCUT2D eigenvalue weighted by molar-refractivity contribution is -0.147. The first kappa shape index (κ1) is 32.3. The summed E-state index contributed by atoms with van der Waals surface area (Å²) in [5, 5.41) is 25.0. The second-order valence-electron chi connectivity index (χ2n) is 10.1. The fourth-order valence-corrected chi connectivity index (χ4v) is 5.31. The molecule has 0 spiro atoms. The van der Waals surface area contributed by atoms with Crippen molar-refractivity contribution in [2.24, 2.45) is 11.8 Å². The minimum absolute atomic E-state index is 0.0712. The number of aliphatic hydroxyl groups is 2. The quantitative estimate of drug-likeness (QED) is 0.0886. The number of ether oxygens (including phenoxy) is 1. The van der Waals surface area contributed by atoms with Gasteiger partial charge in [0.2, 0.25) is 5.91 Å². The molecular formula is C31H46BrNO5. The molecule has 1 amide bonds. The molecule has 0 aromatic heterocycles. The molecule has 0 bridgehead atoms. The molecule has 1 aromatic carbocycles. The molecule has 6 nitrogen and oxygen atoms in total. The Morgan fingerprint density at radius 3 is 2.61 bits per heavy atom. The summed E-state index contributed by atoms with van der Waals surface area (Å²) in [5.74, 6) is -0.430.